The molecule has 10 nitrogen and oxygen atoms in total. The van der Waals surface area contributed by atoms with Crippen molar-refractivity contribution in [2.45, 2.75) is 69.0 Å². The Morgan fingerprint density at radius 1 is 1.26 bits per heavy atom. The molecule has 1 heterocycles. The average Bonchev–Trinajstić information content (AvgIpc) is 2.77. The summed E-state index contributed by atoms with van der Waals surface area (Å²) in [5.74, 6) is -8.02. The van der Waals surface area contributed by atoms with E-state index in [4.69, 9.17) is 9.47 Å². The summed E-state index contributed by atoms with van der Waals surface area (Å²) in [6, 6.07) is 5.20. The molecule has 0 spiro atoms. The summed E-state index contributed by atoms with van der Waals surface area (Å²) in [7, 11) is 0. The first kappa shape index (κ1) is 28.7. The Morgan fingerprint density at radius 3 is 2.46 bits per heavy atom. The zero-order valence-electron chi connectivity index (χ0n) is 18.6. The van der Waals surface area contributed by atoms with E-state index in [9.17, 15) is 53.1 Å². The molecular formula is C22H27F3O10. The van der Waals surface area contributed by atoms with E-state index in [0.29, 0.717) is 0 Å². The summed E-state index contributed by atoms with van der Waals surface area (Å²) in [5, 5.41) is 50.0. The Morgan fingerprint density at radius 2 is 1.91 bits per heavy atom. The third-order valence-corrected chi connectivity index (χ3v) is 5.63. The molecule has 13 heteroatoms. The normalized spacial score (nSPS) is 26.6. The molecule has 5 N–H and O–H groups in total. The van der Waals surface area contributed by atoms with Crippen LogP contribution in [0.3, 0.4) is 0 Å². The number of aliphatic hydroxyl groups excluding tert-OH is 4. The number of hydrogen-bond donors (Lipinski definition) is 5. The van der Waals surface area contributed by atoms with E-state index in [-0.39, 0.29) is 24.2 Å². The SMILES string of the molecule is CC(=O)CC1C(O)CC(Oc2cccc(CCC(=O)C(F)(F)F)c2)(C(=O)O)OC1[C@H](O)[C@H](O)CO. The largest absolute Gasteiger partial charge is 0.476 e. The van der Waals surface area contributed by atoms with Gasteiger partial charge in [0.25, 0.3) is 0 Å². The highest BCUT2D eigenvalue weighted by atomic mass is 19.4. The van der Waals surface area contributed by atoms with Gasteiger partial charge in [-0.05, 0) is 31.0 Å². The molecule has 0 amide bonds. The quantitative estimate of drug-likeness (QED) is 0.281. The molecule has 1 aliphatic rings. The predicted molar refractivity (Wildman–Crippen MR) is 110 cm³/mol. The Bertz CT molecular complexity index is 921. The topological polar surface area (TPSA) is 171 Å². The molecule has 1 aromatic carbocycles. The minimum atomic E-state index is -4.99. The number of aryl methyl sites for hydroxylation is 1. The van der Waals surface area contributed by atoms with Crippen LogP contribution in [0.4, 0.5) is 13.2 Å². The third-order valence-electron chi connectivity index (χ3n) is 5.63. The Kier molecular flexibility index (Phi) is 9.36. The average molecular weight is 508 g/mol. The van der Waals surface area contributed by atoms with E-state index in [2.05, 4.69) is 0 Å². The van der Waals surface area contributed by atoms with Gasteiger partial charge in [-0.3, -0.25) is 4.79 Å². The highest BCUT2D eigenvalue weighted by Gasteiger charge is 2.56. The molecule has 196 valence electrons. The van der Waals surface area contributed by atoms with Gasteiger partial charge in [0, 0.05) is 18.8 Å². The number of rotatable bonds is 11. The lowest BCUT2D eigenvalue weighted by Crippen LogP contribution is -2.63. The number of carboxylic acid groups (broad SMARTS) is 1. The van der Waals surface area contributed by atoms with Crippen LogP contribution in [0.5, 0.6) is 5.75 Å². The minimum absolute atomic E-state index is 0.183. The van der Waals surface area contributed by atoms with E-state index in [0.717, 1.165) is 0 Å². The second-order valence-electron chi connectivity index (χ2n) is 8.39. The van der Waals surface area contributed by atoms with Crippen molar-refractivity contribution in [2.24, 2.45) is 5.92 Å². The molecule has 1 fully saturated rings. The van der Waals surface area contributed by atoms with Gasteiger partial charge in [-0.2, -0.15) is 13.2 Å². The maximum absolute atomic E-state index is 12.5. The highest BCUT2D eigenvalue weighted by molar-refractivity contribution is 5.84. The van der Waals surface area contributed by atoms with E-state index in [1.54, 1.807) is 0 Å². The van der Waals surface area contributed by atoms with Crippen LogP contribution in [0, 0.1) is 5.92 Å². The Labute approximate surface area is 197 Å². The van der Waals surface area contributed by atoms with Crippen LogP contribution >= 0.6 is 0 Å². The van der Waals surface area contributed by atoms with Crippen LogP contribution in [0.25, 0.3) is 0 Å². The number of aliphatic hydroxyl groups is 4. The number of alkyl halides is 3. The van der Waals surface area contributed by atoms with Gasteiger partial charge < -0.3 is 39.8 Å². The minimum Gasteiger partial charge on any atom is -0.476 e. The zero-order chi connectivity index (χ0) is 26.6. The molecule has 4 unspecified atom stereocenters. The monoisotopic (exact) mass is 508 g/mol. The smallest absolute Gasteiger partial charge is 0.449 e. The molecule has 6 atom stereocenters. The van der Waals surface area contributed by atoms with Crippen molar-refractivity contribution >= 4 is 17.5 Å². The molecule has 0 aliphatic carbocycles. The van der Waals surface area contributed by atoms with Gasteiger partial charge in [0.05, 0.1) is 25.2 Å². The molecule has 1 saturated heterocycles. The first-order valence-electron chi connectivity index (χ1n) is 10.6. The van der Waals surface area contributed by atoms with Crippen molar-refractivity contribution in [3.63, 3.8) is 0 Å². The number of benzene rings is 1. The van der Waals surface area contributed by atoms with E-state index < -0.39 is 79.3 Å². The summed E-state index contributed by atoms with van der Waals surface area (Å²) >= 11 is 0. The van der Waals surface area contributed by atoms with Gasteiger partial charge >= 0.3 is 17.9 Å². The second-order valence-corrected chi connectivity index (χ2v) is 8.39. The Balaban J connectivity index is 2.33. The second kappa shape index (κ2) is 11.4. The number of ketones is 2. The molecule has 2 rings (SSSR count). The molecular weight excluding hydrogens is 481 g/mol. The van der Waals surface area contributed by atoms with E-state index in [1.807, 2.05) is 0 Å². The first-order chi connectivity index (χ1) is 16.2. The zero-order valence-corrected chi connectivity index (χ0v) is 18.6. The van der Waals surface area contributed by atoms with E-state index >= 15 is 0 Å². The predicted octanol–water partition coefficient (Wildman–Crippen LogP) is 0.369. The summed E-state index contributed by atoms with van der Waals surface area (Å²) in [4.78, 5) is 35.0. The van der Waals surface area contributed by atoms with Crippen LogP contribution in [-0.4, -0.2) is 86.1 Å². The van der Waals surface area contributed by atoms with Gasteiger partial charge in [0.15, 0.2) is 0 Å². The summed E-state index contributed by atoms with van der Waals surface area (Å²) < 4.78 is 48.4. The number of aliphatic carboxylic acids is 1. The van der Waals surface area contributed by atoms with Gasteiger partial charge in [0.2, 0.25) is 5.78 Å². The molecule has 1 aliphatic heterocycles. The molecule has 35 heavy (non-hydrogen) atoms. The number of halogens is 3. The van der Waals surface area contributed by atoms with Crippen molar-refractivity contribution in [2.75, 3.05) is 6.61 Å². The van der Waals surface area contributed by atoms with Crippen molar-refractivity contribution < 1.29 is 62.6 Å². The van der Waals surface area contributed by atoms with Crippen LogP contribution in [0.2, 0.25) is 0 Å². The molecule has 0 bridgehead atoms. The van der Waals surface area contributed by atoms with Gasteiger partial charge in [-0.15, -0.1) is 0 Å². The molecule has 0 saturated carbocycles. The number of Topliss-reactive ketones (excluding diaryl/α,β-unsaturated/α-hetero) is 2. The third kappa shape index (κ3) is 7.21. The molecule has 0 radical (unpaired) electrons. The molecule has 0 aromatic heterocycles. The number of hydrogen-bond acceptors (Lipinski definition) is 9. The van der Waals surface area contributed by atoms with Crippen molar-refractivity contribution in [1.29, 1.82) is 0 Å². The number of carbonyl (C=O) groups is 3. The summed E-state index contributed by atoms with van der Waals surface area (Å²) in [6.07, 6.45) is -14.1. The highest BCUT2D eigenvalue weighted by Crippen LogP contribution is 2.39. The van der Waals surface area contributed by atoms with Gasteiger partial charge in [-0.25, -0.2) is 4.79 Å². The maximum Gasteiger partial charge on any atom is 0.449 e. The van der Waals surface area contributed by atoms with Crippen LogP contribution in [0.15, 0.2) is 24.3 Å². The molecule has 1 aromatic rings. The summed E-state index contributed by atoms with van der Waals surface area (Å²) in [5.41, 5.74) is 0.221. The lowest BCUT2D eigenvalue weighted by atomic mass is 9.80. The standard InChI is InChI=1S/C22H27F3O10/c1-11(27)7-14-15(28)9-21(20(32)33,35-19(14)18(31)16(29)10-26)34-13-4-2-3-12(8-13)5-6-17(30)22(23,24)25/h2-4,8,14-16,18-19,26,28-29,31H,5-7,9-10H2,1H3,(H,32,33)/t14?,15?,16-,18-,19?,21?/m1/s1. The fourth-order valence-electron chi connectivity index (χ4n) is 3.84. The lowest BCUT2D eigenvalue weighted by molar-refractivity contribution is -0.293. The first-order valence-corrected chi connectivity index (χ1v) is 10.6. The number of ether oxygens (including phenoxy) is 2. The maximum atomic E-state index is 12.5. The van der Waals surface area contributed by atoms with Gasteiger partial charge in [-0.1, -0.05) is 12.1 Å². The van der Waals surface area contributed by atoms with Crippen LogP contribution in [-0.2, 0) is 25.5 Å². The van der Waals surface area contributed by atoms with E-state index in [1.165, 1.54) is 31.2 Å². The van der Waals surface area contributed by atoms with Crippen molar-refractivity contribution in [3.8, 4) is 5.75 Å². The van der Waals surface area contributed by atoms with Gasteiger partial charge in [0.1, 0.15) is 23.7 Å². The number of carboxylic acids is 1. The van der Waals surface area contributed by atoms with Crippen LogP contribution in [0.1, 0.15) is 31.7 Å². The Hall–Kier alpha value is -2.58. The fourth-order valence-corrected chi connectivity index (χ4v) is 3.84. The number of carbonyl (C=O) groups excluding carboxylic acids is 2. The van der Waals surface area contributed by atoms with Crippen LogP contribution < -0.4 is 4.74 Å². The lowest BCUT2D eigenvalue weighted by Gasteiger charge is -2.46. The summed E-state index contributed by atoms with van der Waals surface area (Å²) in [6.45, 7) is 0.271. The van der Waals surface area contributed by atoms with Crippen molar-refractivity contribution in [3.05, 3.63) is 29.8 Å². The van der Waals surface area contributed by atoms with Crippen molar-refractivity contribution in [1.82, 2.24) is 0 Å². The fraction of sp³-hybridized carbons (Fsp3) is 0.591.